The van der Waals surface area contributed by atoms with Gasteiger partial charge in [0.05, 0.1) is 31.4 Å². The second-order valence-corrected chi connectivity index (χ2v) is 13.2. The highest BCUT2D eigenvalue weighted by Crippen LogP contribution is 2.46. The van der Waals surface area contributed by atoms with Crippen molar-refractivity contribution in [3.8, 4) is 17.2 Å². The Morgan fingerprint density at radius 2 is 1.67 bits per heavy atom. The van der Waals surface area contributed by atoms with Crippen LogP contribution in [0, 0.1) is 5.82 Å². The quantitative estimate of drug-likeness (QED) is 0.0310. The van der Waals surface area contributed by atoms with Gasteiger partial charge in [0.15, 0.2) is 15.8 Å². The lowest BCUT2D eigenvalue weighted by molar-refractivity contribution is -0.132. The highest BCUT2D eigenvalue weighted by molar-refractivity contribution is 8.00. The number of thioether (sulfide) groups is 1. The van der Waals surface area contributed by atoms with E-state index in [-0.39, 0.29) is 22.3 Å². The van der Waals surface area contributed by atoms with Crippen LogP contribution in [0.4, 0.5) is 9.52 Å². The fraction of sp³-hybridized carbons (Fsp3) is 0.333. The molecule has 1 saturated heterocycles. The van der Waals surface area contributed by atoms with Gasteiger partial charge in [0.1, 0.15) is 17.3 Å². The summed E-state index contributed by atoms with van der Waals surface area (Å²) >= 11 is 2.53. The van der Waals surface area contributed by atoms with Crippen molar-refractivity contribution >= 4 is 45.7 Å². The highest BCUT2D eigenvalue weighted by atomic mass is 32.2. The molecule has 1 amide bonds. The average Bonchev–Trinajstić information content (AvgIpc) is 3.67. The molecule has 252 valence electrons. The van der Waals surface area contributed by atoms with Crippen LogP contribution >= 0.6 is 23.1 Å². The number of nitrogens with zero attached hydrogens (tertiary/aromatic N) is 3. The van der Waals surface area contributed by atoms with Crippen molar-refractivity contribution < 1.29 is 33.3 Å². The summed E-state index contributed by atoms with van der Waals surface area (Å²) in [5.41, 5.74) is 1.69. The number of amides is 1. The first-order chi connectivity index (χ1) is 23.3. The summed E-state index contributed by atoms with van der Waals surface area (Å²) in [5, 5.41) is 20.4. The van der Waals surface area contributed by atoms with Gasteiger partial charge in [-0.25, -0.2) is 4.39 Å². The summed E-state index contributed by atoms with van der Waals surface area (Å²) in [7, 11) is 0. The summed E-state index contributed by atoms with van der Waals surface area (Å²) in [6.07, 6.45) is 3.83. The Kier molecular flexibility index (Phi) is 12.1. The van der Waals surface area contributed by atoms with Gasteiger partial charge < -0.3 is 19.3 Å². The summed E-state index contributed by atoms with van der Waals surface area (Å²) in [5.74, 6) is -0.189. The first-order valence-electron chi connectivity index (χ1n) is 16.0. The minimum atomic E-state index is -1.03. The van der Waals surface area contributed by atoms with Crippen LogP contribution in [0.5, 0.6) is 17.2 Å². The first-order valence-corrected chi connectivity index (χ1v) is 17.8. The van der Waals surface area contributed by atoms with Crippen LogP contribution in [-0.2, 0) is 15.3 Å². The maximum Gasteiger partial charge on any atom is 0.301 e. The van der Waals surface area contributed by atoms with Gasteiger partial charge in [-0.15, -0.1) is 10.2 Å². The lowest BCUT2D eigenvalue weighted by atomic mass is 9.95. The van der Waals surface area contributed by atoms with E-state index in [1.165, 1.54) is 28.8 Å². The molecule has 0 radical (unpaired) electrons. The molecule has 3 aromatic carbocycles. The van der Waals surface area contributed by atoms with Crippen LogP contribution < -0.4 is 19.1 Å². The molecule has 0 bridgehead atoms. The van der Waals surface area contributed by atoms with E-state index in [4.69, 9.17) is 14.2 Å². The van der Waals surface area contributed by atoms with Crippen molar-refractivity contribution in [3.05, 3.63) is 94.8 Å². The highest BCUT2D eigenvalue weighted by Gasteiger charge is 2.48. The molecule has 48 heavy (non-hydrogen) atoms. The summed E-state index contributed by atoms with van der Waals surface area (Å²) in [6.45, 7) is 7.42. The molecule has 1 N–H and O–H groups in total. The van der Waals surface area contributed by atoms with Crippen LogP contribution in [0.25, 0.3) is 5.76 Å². The van der Waals surface area contributed by atoms with Gasteiger partial charge >= 0.3 is 5.91 Å². The zero-order valence-electron chi connectivity index (χ0n) is 27.1. The Balaban J connectivity index is 1.53. The van der Waals surface area contributed by atoms with Gasteiger partial charge in [0.2, 0.25) is 5.13 Å². The van der Waals surface area contributed by atoms with Crippen molar-refractivity contribution in [2.75, 3.05) is 24.7 Å². The molecule has 0 spiro atoms. The number of hydrogen-bond donors (Lipinski definition) is 1. The molecule has 1 aliphatic rings. The second kappa shape index (κ2) is 16.6. The van der Waals surface area contributed by atoms with E-state index in [0.29, 0.717) is 58.3 Å². The van der Waals surface area contributed by atoms with Crippen molar-refractivity contribution in [2.24, 2.45) is 0 Å². The van der Waals surface area contributed by atoms with Crippen LogP contribution in [0.1, 0.15) is 69.2 Å². The molecule has 0 saturated carbocycles. The Bertz CT molecular complexity index is 1740. The van der Waals surface area contributed by atoms with Gasteiger partial charge in [-0.05, 0) is 79.4 Å². The Morgan fingerprint density at radius 1 is 0.896 bits per heavy atom. The second-order valence-electron chi connectivity index (χ2n) is 11.0. The van der Waals surface area contributed by atoms with Crippen molar-refractivity contribution in [2.45, 2.75) is 62.6 Å². The first kappa shape index (κ1) is 34.9. The van der Waals surface area contributed by atoms with E-state index in [0.717, 1.165) is 42.6 Å². The van der Waals surface area contributed by atoms with Gasteiger partial charge in [0.25, 0.3) is 5.78 Å². The minimum absolute atomic E-state index is 0.0861. The minimum Gasteiger partial charge on any atom is -0.507 e. The number of ether oxygens (including phenoxy) is 3. The number of ketones is 1. The Morgan fingerprint density at radius 3 is 2.38 bits per heavy atom. The monoisotopic (exact) mass is 691 g/mol. The molecule has 4 aromatic rings. The Hall–Kier alpha value is -4.42. The third-order valence-corrected chi connectivity index (χ3v) is 9.64. The van der Waals surface area contributed by atoms with E-state index in [2.05, 4.69) is 17.1 Å². The number of rotatable bonds is 16. The van der Waals surface area contributed by atoms with E-state index in [1.807, 2.05) is 13.8 Å². The van der Waals surface area contributed by atoms with E-state index in [9.17, 15) is 19.1 Å². The normalized spacial score (nSPS) is 15.6. The van der Waals surface area contributed by atoms with Crippen LogP contribution in [-0.4, -0.2) is 46.8 Å². The third-order valence-electron chi connectivity index (χ3n) is 7.51. The molecular weight excluding hydrogens is 654 g/mol. The van der Waals surface area contributed by atoms with Crippen molar-refractivity contribution in [1.29, 1.82) is 0 Å². The number of aliphatic hydroxyl groups excluding tert-OH is 1. The number of aromatic nitrogens is 2. The number of anilines is 1. The van der Waals surface area contributed by atoms with Crippen LogP contribution in [0.15, 0.2) is 76.6 Å². The molecular formula is C36H38FN3O6S2. The lowest BCUT2D eigenvalue weighted by Crippen LogP contribution is -2.29. The Labute approximate surface area is 287 Å². The number of benzene rings is 3. The summed E-state index contributed by atoms with van der Waals surface area (Å²) in [4.78, 5) is 28.8. The lowest BCUT2D eigenvalue weighted by Gasteiger charge is -2.23. The van der Waals surface area contributed by atoms with E-state index < -0.39 is 17.7 Å². The maximum absolute atomic E-state index is 13.8. The van der Waals surface area contributed by atoms with Gasteiger partial charge in [-0.1, -0.05) is 68.0 Å². The molecule has 12 heteroatoms. The van der Waals surface area contributed by atoms with E-state index >= 15 is 0 Å². The molecule has 1 unspecified atom stereocenters. The molecule has 1 aromatic heterocycles. The number of unbranched alkanes of at least 4 members (excludes halogenated alkanes) is 2. The van der Waals surface area contributed by atoms with Gasteiger partial charge in [0, 0.05) is 11.3 Å². The number of halogens is 1. The SMILES string of the molecule is CCCCCOc1ccc(C2C(=C(O)c3ccc(OCCC)cc3)C(=O)C(=O)N2c2nnc(SCc3ccc(F)cc3)s2)cc1OCC. The van der Waals surface area contributed by atoms with Crippen molar-refractivity contribution in [3.63, 3.8) is 0 Å². The maximum atomic E-state index is 13.8. The zero-order valence-corrected chi connectivity index (χ0v) is 28.7. The largest absolute Gasteiger partial charge is 0.507 e. The standard InChI is InChI=1S/C36H38FN3O6S2/c1-4-7-8-20-46-28-18-13-25(21-29(28)44-6-3)31-30(32(41)24-11-16-27(17-12-24)45-19-5-2)33(42)34(43)40(31)35-38-39-36(48-35)47-22-23-9-14-26(37)15-10-23/h9-18,21,31,41H,4-8,19-20,22H2,1-3H3. The molecule has 1 fully saturated rings. The van der Waals surface area contributed by atoms with Crippen LogP contribution in [0.2, 0.25) is 0 Å². The number of Topliss-reactive ketones (excluding diaryl/α,β-unsaturated/α-hetero) is 1. The fourth-order valence-electron chi connectivity index (χ4n) is 5.13. The smallest absolute Gasteiger partial charge is 0.301 e. The summed E-state index contributed by atoms with van der Waals surface area (Å²) < 4.78 is 31.6. The number of hydrogen-bond acceptors (Lipinski definition) is 10. The topological polar surface area (TPSA) is 111 Å². The molecule has 5 rings (SSSR count). The molecule has 1 aliphatic heterocycles. The fourth-order valence-corrected chi connectivity index (χ4v) is 6.95. The van der Waals surface area contributed by atoms with E-state index in [1.54, 1.807) is 54.6 Å². The summed E-state index contributed by atoms with van der Waals surface area (Å²) in [6, 6.07) is 17.1. The molecule has 1 atom stereocenters. The van der Waals surface area contributed by atoms with Gasteiger partial charge in [-0.2, -0.15) is 0 Å². The molecule has 0 aliphatic carbocycles. The van der Waals surface area contributed by atoms with Crippen molar-refractivity contribution in [1.82, 2.24) is 10.2 Å². The average molecular weight is 692 g/mol. The van der Waals surface area contributed by atoms with Crippen LogP contribution in [0.3, 0.4) is 0 Å². The predicted octanol–water partition coefficient (Wildman–Crippen LogP) is 8.35. The molecule has 9 nitrogen and oxygen atoms in total. The molecule has 2 heterocycles. The van der Waals surface area contributed by atoms with Gasteiger partial charge in [-0.3, -0.25) is 14.5 Å². The zero-order chi connectivity index (χ0) is 34.0. The predicted molar refractivity (Wildman–Crippen MR) is 186 cm³/mol. The number of aliphatic hydroxyl groups is 1. The number of carbonyl (C=O) groups is 2. The third kappa shape index (κ3) is 8.16. The number of carbonyl (C=O) groups excluding carboxylic acids is 2.